The molecule has 1 N–H and O–H groups in total. The monoisotopic (exact) mass is 344 g/mol. The molecule has 0 atom stereocenters. The summed E-state index contributed by atoms with van der Waals surface area (Å²) >= 11 is 0. The highest BCUT2D eigenvalue weighted by molar-refractivity contribution is 7.86. The van der Waals surface area contributed by atoms with E-state index in [4.69, 9.17) is 8.92 Å². The fourth-order valence-electron chi connectivity index (χ4n) is 1.88. The lowest BCUT2D eigenvalue weighted by atomic mass is 10.2. The number of ether oxygens (including phenoxy) is 1. The fourth-order valence-corrected chi connectivity index (χ4v) is 2.37. The Balaban J connectivity index is 2.96. The number of benzene rings is 1. The van der Waals surface area contributed by atoms with Crippen molar-refractivity contribution in [2.24, 2.45) is 0 Å². The highest BCUT2D eigenvalue weighted by Gasteiger charge is 2.18. The lowest BCUT2D eigenvalue weighted by Crippen LogP contribution is -2.44. The van der Waals surface area contributed by atoms with Crippen LogP contribution in [0.4, 0.5) is 4.79 Å². The lowest BCUT2D eigenvalue weighted by molar-refractivity contribution is 0.145. The Bertz CT molecular complexity index is 616. The first-order valence-electron chi connectivity index (χ1n) is 7.24. The van der Waals surface area contributed by atoms with Gasteiger partial charge in [-0.05, 0) is 19.9 Å². The second kappa shape index (κ2) is 8.73. The smallest absolute Gasteiger partial charge is 0.317 e. The molecule has 0 fully saturated rings. The van der Waals surface area contributed by atoms with Crippen molar-refractivity contribution in [1.29, 1.82) is 0 Å². The Labute approximate surface area is 137 Å². The van der Waals surface area contributed by atoms with Crippen LogP contribution in [0.1, 0.15) is 19.4 Å². The maximum atomic E-state index is 12.3. The number of hydrogen-bond acceptors (Lipinski definition) is 5. The quantitative estimate of drug-likeness (QED) is 0.724. The van der Waals surface area contributed by atoms with E-state index in [0.29, 0.717) is 18.7 Å². The standard InChI is InChI=1S/C15H24N2O5S/c1-12(2)16-15(18)17(9-10-21-3)11-13-7-5-6-8-14(13)22-23(4,19)20/h5-8,12H,9-11H2,1-4H3,(H,16,18). The number of methoxy groups -OCH3 is 1. The summed E-state index contributed by atoms with van der Waals surface area (Å²) in [5, 5.41) is 2.81. The van der Waals surface area contributed by atoms with Gasteiger partial charge in [0.1, 0.15) is 5.75 Å². The Morgan fingerprint density at radius 1 is 1.30 bits per heavy atom. The average Bonchev–Trinajstić information content (AvgIpc) is 2.42. The molecular formula is C15H24N2O5S. The average molecular weight is 344 g/mol. The molecule has 0 heterocycles. The van der Waals surface area contributed by atoms with Gasteiger partial charge in [0.25, 0.3) is 0 Å². The van der Waals surface area contributed by atoms with Gasteiger partial charge in [-0.1, -0.05) is 18.2 Å². The number of urea groups is 1. The molecule has 0 aliphatic carbocycles. The van der Waals surface area contributed by atoms with Crippen LogP contribution in [0.25, 0.3) is 0 Å². The Morgan fingerprint density at radius 3 is 2.52 bits per heavy atom. The minimum absolute atomic E-state index is 0.00458. The maximum Gasteiger partial charge on any atom is 0.317 e. The first-order valence-corrected chi connectivity index (χ1v) is 9.06. The number of carbonyl (C=O) groups excluding carboxylic acids is 1. The molecule has 2 amide bonds. The van der Waals surface area contributed by atoms with Crippen molar-refractivity contribution in [2.75, 3.05) is 26.5 Å². The van der Waals surface area contributed by atoms with Crippen LogP contribution in [0.15, 0.2) is 24.3 Å². The van der Waals surface area contributed by atoms with Crippen LogP contribution in [0, 0.1) is 0 Å². The van der Waals surface area contributed by atoms with Gasteiger partial charge in [-0.15, -0.1) is 0 Å². The normalized spacial score (nSPS) is 11.3. The maximum absolute atomic E-state index is 12.3. The molecule has 8 heteroatoms. The van der Waals surface area contributed by atoms with Gasteiger partial charge in [-0.3, -0.25) is 0 Å². The van der Waals surface area contributed by atoms with Crippen LogP contribution in [0.3, 0.4) is 0 Å². The lowest BCUT2D eigenvalue weighted by Gasteiger charge is -2.25. The minimum Gasteiger partial charge on any atom is -0.383 e. The molecule has 7 nitrogen and oxygen atoms in total. The zero-order valence-electron chi connectivity index (χ0n) is 13.9. The molecule has 1 rings (SSSR count). The largest absolute Gasteiger partial charge is 0.383 e. The molecule has 130 valence electrons. The number of nitrogens with one attached hydrogen (secondary N) is 1. The summed E-state index contributed by atoms with van der Waals surface area (Å²) in [5.74, 6) is 0.217. The topological polar surface area (TPSA) is 84.9 Å². The van der Waals surface area contributed by atoms with Gasteiger partial charge >= 0.3 is 16.1 Å². The second-order valence-electron chi connectivity index (χ2n) is 5.41. The number of nitrogens with zero attached hydrogens (tertiary/aromatic N) is 1. The summed E-state index contributed by atoms with van der Waals surface area (Å²) in [7, 11) is -2.08. The molecule has 0 spiro atoms. The molecule has 0 aliphatic heterocycles. The molecule has 0 unspecified atom stereocenters. The molecule has 0 radical (unpaired) electrons. The van der Waals surface area contributed by atoms with E-state index in [0.717, 1.165) is 6.26 Å². The van der Waals surface area contributed by atoms with Crippen molar-refractivity contribution < 1.29 is 22.1 Å². The zero-order chi connectivity index (χ0) is 17.5. The first-order chi connectivity index (χ1) is 10.7. The van der Waals surface area contributed by atoms with Gasteiger partial charge in [-0.2, -0.15) is 8.42 Å². The van der Waals surface area contributed by atoms with E-state index in [1.165, 1.54) is 0 Å². The summed E-state index contributed by atoms with van der Waals surface area (Å²) in [5.41, 5.74) is 0.605. The number of hydrogen-bond donors (Lipinski definition) is 1. The van der Waals surface area contributed by atoms with Crippen LogP contribution in [0.2, 0.25) is 0 Å². The van der Waals surface area contributed by atoms with E-state index in [1.54, 1.807) is 36.3 Å². The number of amides is 2. The molecular weight excluding hydrogens is 320 g/mol. The van der Waals surface area contributed by atoms with Crippen LogP contribution in [-0.4, -0.2) is 51.9 Å². The van der Waals surface area contributed by atoms with Crippen LogP contribution < -0.4 is 9.50 Å². The van der Waals surface area contributed by atoms with E-state index in [-0.39, 0.29) is 24.4 Å². The Morgan fingerprint density at radius 2 is 1.96 bits per heavy atom. The predicted octanol–water partition coefficient (Wildman–Crippen LogP) is 1.59. The van der Waals surface area contributed by atoms with Crippen molar-refractivity contribution >= 4 is 16.1 Å². The van der Waals surface area contributed by atoms with E-state index >= 15 is 0 Å². The van der Waals surface area contributed by atoms with Gasteiger partial charge in [0.05, 0.1) is 19.4 Å². The highest BCUT2D eigenvalue weighted by Crippen LogP contribution is 2.21. The number of rotatable bonds is 8. The Kier molecular flexibility index (Phi) is 7.31. The third-order valence-electron chi connectivity index (χ3n) is 2.84. The predicted molar refractivity (Wildman–Crippen MR) is 87.9 cm³/mol. The van der Waals surface area contributed by atoms with Gasteiger partial charge in [0.15, 0.2) is 0 Å². The molecule has 0 bridgehead atoms. The van der Waals surface area contributed by atoms with Gasteiger partial charge in [0, 0.05) is 25.3 Å². The summed E-state index contributed by atoms with van der Waals surface area (Å²) in [6, 6.07) is 6.48. The summed E-state index contributed by atoms with van der Waals surface area (Å²) in [6.07, 6.45) is 0.984. The summed E-state index contributed by atoms with van der Waals surface area (Å²) < 4.78 is 32.7. The molecule has 0 saturated carbocycles. The summed E-state index contributed by atoms with van der Waals surface area (Å²) in [4.78, 5) is 13.8. The van der Waals surface area contributed by atoms with E-state index in [2.05, 4.69) is 5.32 Å². The second-order valence-corrected chi connectivity index (χ2v) is 6.99. The number of carbonyl (C=O) groups is 1. The third-order valence-corrected chi connectivity index (χ3v) is 3.32. The van der Waals surface area contributed by atoms with Gasteiger partial charge in [0.2, 0.25) is 0 Å². The number of para-hydroxylation sites is 1. The third kappa shape index (κ3) is 7.34. The van der Waals surface area contributed by atoms with Crippen LogP contribution in [-0.2, 0) is 21.4 Å². The van der Waals surface area contributed by atoms with Crippen LogP contribution >= 0.6 is 0 Å². The van der Waals surface area contributed by atoms with Gasteiger partial charge in [-0.25, -0.2) is 4.79 Å². The minimum atomic E-state index is -3.64. The SMILES string of the molecule is COCCN(Cc1ccccc1OS(C)(=O)=O)C(=O)NC(C)C. The van der Waals surface area contributed by atoms with Crippen molar-refractivity contribution in [3.63, 3.8) is 0 Å². The van der Waals surface area contributed by atoms with Crippen molar-refractivity contribution in [1.82, 2.24) is 10.2 Å². The molecule has 1 aromatic rings. The van der Waals surface area contributed by atoms with Crippen molar-refractivity contribution in [2.45, 2.75) is 26.4 Å². The zero-order valence-corrected chi connectivity index (χ0v) is 14.7. The van der Waals surface area contributed by atoms with Crippen molar-refractivity contribution in [3.05, 3.63) is 29.8 Å². The molecule has 0 saturated heterocycles. The van der Waals surface area contributed by atoms with E-state index in [1.807, 2.05) is 13.8 Å². The fraction of sp³-hybridized carbons (Fsp3) is 0.533. The summed E-state index contributed by atoms with van der Waals surface area (Å²) in [6.45, 7) is 4.71. The molecule has 0 aliphatic rings. The van der Waals surface area contributed by atoms with Crippen molar-refractivity contribution in [3.8, 4) is 5.75 Å². The van der Waals surface area contributed by atoms with Gasteiger partial charge < -0.3 is 19.1 Å². The first kappa shape index (κ1) is 19.2. The van der Waals surface area contributed by atoms with E-state index < -0.39 is 10.1 Å². The Hall–Kier alpha value is -1.80. The van der Waals surface area contributed by atoms with Crippen LogP contribution in [0.5, 0.6) is 5.75 Å². The molecule has 23 heavy (non-hydrogen) atoms. The highest BCUT2D eigenvalue weighted by atomic mass is 32.2. The molecule has 1 aromatic carbocycles. The molecule has 0 aromatic heterocycles. The van der Waals surface area contributed by atoms with E-state index in [9.17, 15) is 13.2 Å².